The van der Waals surface area contributed by atoms with Crippen LogP contribution < -0.4 is 0 Å². The molecule has 2 heterocycles. The van der Waals surface area contributed by atoms with Crippen LogP contribution in [-0.4, -0.2) is 25.7 Å². The second-order valence-electron chi connectivity index (χ2n) is 2.51. The van der Waals surface area contributed by atoms with Crippen molar-refractivity contribution in [2.75, 3.05) is 0 Å². The molecule has 1 N–H and O–H groups in total. The highest BCUT2D eigenvalue weighted by atomic mass is 35.5. The molecular formula is C7H3Cl2N3O2. The number of halogens is 2. The third-order valence-electron chi connectivity index (χ3n) is 1.59. The SMILES string of the molecule is O=C(O)c1nn2cc(Cl)cnc2c1Cl. The monoisotopic (exact) mass is 231 g/mol. The Bertz CT molecular complexity index is 523. The molecule has 0 aromatic carbocycles. The van der Waals surface area contributed by atoms with Crippen LogP contribution in [-0.2, 0) is 0 Å². The first kappa shape index (κ1) is 9.23. The van der Waals surface area contributed by atoms with E-state index >= 15 is 0 Å². The first-order valence-electron chi connectivity index (χ1n) is 3.52. The van der Waals surface area contributed by atoms with E-state index in [-0.39, 0.29) is 16.4 Å². The molecule has 0 amide bonds. The quantitative estimate of drug-likeness (QED) is 0.812. The van der Waals surface area contributed by atoms with Crippen LogP contribution in [0.4, 0.5) is 0 Å². The first-order valence-corrected chi connectivity index (χ1v) is 4.28. The Morgan fingerprint density at radius 2 is 2.21 bits per heavy atom. The lowest BCUT2D eigenvalue weighted by atomic mass is 10.4. The molecule has 2 rings (SSSR count). The van der Waals surface area contributed by atoms with E-state index in [4.69, 9.17) is 28.3 Å². The van der Waals surface area contributed by atoms with E-state index in [1.54, 1.807) is 0 Å². The van der Waals surface area contributed by atoms with Crippen molar-refractivity contribution >= 4 is 34.8 Å². The van der Waals surface area contributed by atoms with Gasteiger partial charge in [-0.1, -0.05) is 23.2 Å². The minimum atomic E-state index is -1.20. The number of nitrogens with zero attached hydrogens (tertiary/aromatic N) is 3. The maximum atomic E-state index is 10.7. The van der Waals surface area contributed by atoms with Crippen LogP contribution >= 0.6 is 23.2 Å². The fraction of sp³-hybridized carbons (Fsp3) is 0. The largest absolute Gasteiger partial charge is 0.476 e. The van der Waals surface area contributed by atoms with E-state index in [9.17, 15) is 4.79 Å². The Kier molecular flexibility index (Phi) is 2.05. The lowest BCUT2D eigenvalue weighted by Gasteiger charge is -1.91. The van der Waals surface area contributed by atoms with Crippen LogP contribution in [0, 0.1) is 0 Å². The summed E-state index contributed by atoms with van der Waals surface area (Å²) >= 11 is 11.4. The van der Waals surface area contributed by atoms with Crippen molar-refractivity contribution in [3.8, 4) is 0 Å². The molecule has 0 unspecified atom stereocenters. The van der Waals surface area contributed by atoms with Crippen molar-refractivity contribution in [3.05, 3.63) is 28.1 Å². The van der Waals surface area contributed by atoms with Crippen molar-refractivity contribution in [2.45, 2.75) is 0 Å². The third-order valence-corrected chi connectivity index (χ3v) is 2.13. The summed E-state index contributed by atoms with van der Waals surface area (Å²) < 4.78 is 1.23. The van der Waals surface area contributed by atoms with Gasteiger partial charge in [-0.25, -0.2) is 14.3 Å². The van der Waals surface area contributed by atoms with E-state index in [1.807, 2.05) is 0 Å². The number of hydrogen-bond acceptors (Lipinski definition) is 3. The van der Waals surface area contributed by atoms with Crippen LogP contribution in [0.5, 0.6) is 0 Å². The molecule has 2 aromatic rings. The Morgan fingerprint density at radius 1 is 1.50 bits per heavy atom. The van der Waals surface area contributed by atoms with Gasteiger partial charge in [0.15, 0.2) is 11.3 Å². The van der Waals surface area contributed by atoms with Crippen LogP contribution in [0.2, 0.25) is 10.0 Å². The summed E-state index contributed by atoms with van der Waals surface area (Å²) in [4.78, 5) is 14.5. The molecule has 7 heteroatoms. The Hall–Kier alpha value is -1.33. The van der Waals surface area contributed by atoms with Gasteiger partial charge in [0, 0.05) is 6.20 Å². The lowest BCUT2D eigenvalue weighted by molar-refractivity contribution is 0.0690. The van der Waals surface area contributed by atoms with Gasteiger partial charge < -0.3 is 5.11 Å². The molecule has 0 atom stereocenters. The lowest BCUT2D eigenvalue weighted by Crippen LogP contribution is -1.98. The number of carbonyl (C=O) groups is 1. The van der Waals surface area contributed by atoms with Gasteiger partial charge in [0.2, 0.25) is 0 Å². The Balaban J connectivity index is 2.79. The topological polar surface area (TPSA) is 67.5 Å². The molecule has 5 nitrogen and oxygen atoms in total. The summed E-state index contributed by atoms with van der Waals surface area (Å²) in [5.41, 5.74) is 0.0369. The van der Waals surface area contributed by atoms with Crippen molar-refractivity contribution in [1.29, 1.82) is 0 Å². The summed E-state index contributed by atoms with van der Waals surface area (Å²) in [7, 11) is 0. The van der Waals surface area contributed by atoms with Gasteiger partial charge in [-0.3, -0.25) is 0 Å². The highest BCUT2D eigenvalue weighted by molar-refractivity contribution is 6.36. The molecular weight excluding hydrogens is 229 g/mol. The highest BCUT2D eigenvalue weighted by Crippen LogP contribution is 2.21. The van der Waals surface area contributed by atoms with Crippen molar-refractivity contribution < 1.29 is 9.90 Å². The molecule has 0 aliphatic rings. The maximum absolute atomic E-state index is 10.7. The Labute approximate surface area is 87.9 Å². The molecule has 0 radical (unpaired) electrons. The van der Waals surface area contributed by atoms with E-state index in [0.29, 0.717) is 5.02 Å². The average molecular weight is 232 g/mol. The van der Waals surface area contributed by atoms with Gasteiger partial charge in [0.05, 0.1) is 11.2 Å². The minimum Gasteiger partial charge on any atom is -0.476 e. The average Bonchev–Trinajstić information content (AvgIpc) is 2.43. The predicted molar refractivity (Wildman–Crippen MR) is 50.0 cm³/mol. The summed E-state index contributed by atoms with van der Waals surface area (Å²) in [6, 6.07) is 0. The molecule has 0 spiro atoms. The maximum Gasteiger partial charge on any atom is 0.358 e. The zero-order valence-corrected chi connectivity index (χ0v) is 8.12. The molecule has 0 saturated heterocycles. The van der Waals surface area contributed by atoms with Gasteiger partial charge in [0.25, 0.3) is 0 Å². The first-order chi connectivity index (χ1) is 6.59. The summed E-state index contributed by atoms with van der Waals surface area (Å²) in [5, 5.41) is 12.8. The number of aromatic nitrogens is 3. The van der Waals surface area contributed by atoms with Gasteiger partial charge in [-0.05, 0) is 0 Å². The minimum absolute atomic E-state index is 0.00849. The van der Waals surface area contributed by atoms with Crippen LogP contribution in [0.1, 0.15) is 10.5 Å². The van der Waals surface area contributed by atoms with Gasteiger partial charge in [-0.15, -0.1) is 0 Å². The van der Waals surface area contributed by atoms with Gasteiger partial charge in [0.1, 0.15) is 5.02 Å². The number of rotatable bonds is 1. The normalized spacial score (nSPS) is 10.7. The molecule has 0 bridgehead atoms. The van der Waals surface area contributed by atoms with E-state index < -0.39 is 5.97 Å². The summed E-state index contributed by atoms with van der Waals surface area (Å²) in [6.07, 6.45) is 2.80. The van der Waals surface area contributed by atoms with Gasteiger partial charge in [-0.2, -0.15) is 5.10 Å². The molecule has 72 valence electrons. The number of carboxylic acids is 1. The second-order valence-corrected chi connectivity index (χ2v) is 3.32. The van der Waals surface area contributed by atoms with Crippen molar-refractivity contribution in [3.63, 3.8) is 0 Å². The zero-order chi connectivity index (χ0) is 10.3. The van der Waals surface area contributed by atoms with Crippen molar-refractivity contribution in [2.24, 2.45) is 0 Å². The number of fused-ring (bicyclic) bond motifs is 1. The number of carboxylic acid groups (broad SMARTS) is 1. The number of hydrogen-bond donors (Lipinski definition) is 1. The van der Waals surface area contributed by atoms with Gasteiger partial charge >= 0.3 is 5.97 Å². The van der Waals surface area contributed by atoms with E-state index in [0.717, 1.165) is 0 Å². The van der Waals surface area contributed by atoms with E-state index in [1.165, 1.54) is 16.9 Å². The van der Waals surface area contributed by atoms with Crippen LogP contribution in [0.15, 0.2) is 12.4 Å². The smallest absolute Gasteiger partial charge is 0.358 e. The molecule has 14 heavy (non-hydrogen) atoms. The standard InChI is InChI=1S/C7H3Cl2N3O2/c8-3-1-10-6-4(9)5(7(13)14)11-12(6)2-3/h1-2H,(H,13,14). The molecule has 0 saturated carbocycles. The highest BCUT2D eigenvalue weighted by Gasteiger charge is 2.17. The van der Waals surface area contributed by atoms with Crippen LogP contribution in [0.3, 0.4) is 0 Å². The van der Waals surface area contributed by atoms with Crippen molar-refractivity contribution in [1.82, 2.24) is 14.6 Å². The van der Waals surface area contributed by atoms with Crippen LogP contribution in [0.25, 0.3) is 5.65 Å². The third kappa shape index (κ3) is 1.30. The fourth-order valence-corrected chi connectivity index (χ4v) is 1.42. The second kappa shape index (κ2) is 3.11. The molecule has 2 aromatic heterocycles. The predicted octanol–water partition coefficient (Wildman–Crippen LogP) is 1.73. The molecule has 0 fully saturated rings. The molecule has 0 aliphatic carbocycles. The zero-order valence-electron chi connectivity index (χ0n) is 6.61. The van der Waals surface area contributed by atoms with E-state index in [2.05, 4.69) is 10.1 Å². The summed E-state index contributed by atoms with van der Waals surface area (Å²) in [5.74, 6) is -1.20. The summed E-state index contributed by atoms with van der Waals surface area (Å²) in [6.45, 7) is 0. The Morgan fingerprint density at radius 3 is 2.86 bits per heavy atom. The molecule has 0 aliphatic heterocycles. The number of aromatic carboxylic acids is 1. The fourth-order valence-electron chi connectivity index (χ4n) is 1.02.